The Kier molecular flexibility index (Phi) is 5.63. The molecule has 1 aromatic rings. The molecule has 0 aliphatic heterocycles. The third-order valence-electron chi connectivity index (χ3n) is 2.72. The van der Waals surface area contributed by atoms with Crippen LogP contribution in [0.1, 0.15) is 19.4 Å². The van der Waals surface area contributed by atoms with Gasteiger partial charge in [-0.15, -0.1) is 0 Å². The molecule has 104 valence electrons. The molecule has 0 saturated carbocycles. The van der Waals surface area contributed by atoms with E-state index in [0.29, 0.717) is 16.5 Å². The van der Waals surface area contributed by atoms with Gasteiger partial charge in [-0.2, -0.15) is 0 Å². The van der Waals surface area contributed by atoms with Crippen molar-refractivity contribution >= 4 is 35.1 Å². The molecule has 0 fully saturated rings. The molecule has 0 saturated heterocycles. The lowest BCUT2D eigenvalue weighted by Gasteiger charge is -2.15. The minimum atomic E-state index is -1.06. The molecule has 0 radical (unpaired) electrons. The number of carbonyl (C=O) groups excluding carboxylic acids is 1. The fourth-order valence-corrected chi connectivity index (χ4v) is 2.01. The summed E-state index contributed by atoms with van der Waals surface area (Å²) < 4.78 is 0. The van der Waals surface area contributed by atoms with Gasteiger partial charge >= 0.3 is 5.97 Å². The molecule has 0 aliphatic carbocycles. The number of carboxylic acids is 1. The van der Waals surface area contributed by atoms with E-state index in [1.807, 2.05) is 0 Å². The summed E-state index contributed by atoms with van der Waals surface area (Å²) in [5, 5.41) is 12.2. The van der Waals surface area contributed by atoms with Crippen LogP contribution in [0.5, 0.6) is 0 Å². The van der Waals surface area contributed by atoms with Gasteiger partial charge in [0.05, 0.1) is 0 Å². The third kappa shape index (κ3) is 4.73. The van der Waals surface area contributed by atoms with Crippen molar-refractivity contribution in [2.45, 2.75) is 26.3 Å². The van der Waals surface area contributed by atoms with E-state index < -0.39 is 12.0 Å². The number of hydrogen-bond acceptors (Lipinski definition) is 2. The predicted octanol–water partition coefficient (Wildman–Crippen LogP) is 2.76. The van der Waals surface area contributed by atoms with E-state index in [9.17, 15) is 9.59 Å². The lowest BCUT2D eigenvalue weighted by Crippen LogP contribution is -2.41. The fourth-order valence-electron chi connectivity index (χ4n) is 1.53. The first kappa shape index (κ1) is 15.8. The summed E-state index contributed by atoms with van der Waals surface area (Å²) in [7, 11) is 0. The molecule has 1 amide bonds. The average Bonchev–Trinajstić information content (AvgIpc) is 2.32. The number of nitrogens with one attached hydrogen (secondary N) is 1. The maximum Gasteiger partial charge on any atom is 0.325 e. The maximum absolute atomic E-state index is 11.8. The van der Waals surface area contributed by atoms with Gasteiger partial charge in [-0.1, -0.05) is 36.2 Å². The second kappa shape index (κ2) is 6.78. The van der Waals surface area contributed by atoms with Gasteiger partial charge in [0.15, 0.2) is 0 Å². The number of amides is 1. The van der Waals surface area contributed by atoms with Crippen molar-refractivity contribution in [3.8, 4) is 0 Å². The first-order chi connectivity index (χ1) is 8.81. The lowest BCUT2D eigenvalue weighted by atomic mass is 10.00. The van der Waals surface area contributed by atoms with Crippen molar-refractivity contribution < 1.29 is 14.7 Å². The summed E-state index contributed by atoms with van der Waals surface area (Å²) in [5.41, 5.74) is 0.802. The summed E-state index contributed by atoms with van der Waals surface area (Å²) in [4.78, 5) is 22.5. The summed E-state index contributed by atoms with van der Waals surface area (Å²) >= 11 is 11.8. The third-order valence-corrected chi connectivity index (χ3v) is 3.30. The topological polar surface area (TPSA) is 66.4 Å². The standard InChI is InChI=1S/C13H15Cl2NO3/c1-7(12(17)16-8(2)13(18)19)5-9-3-4-10(14)6-11(9)15/h3-4,6-8H,5H2,1-2H3,(H,16,17)(H,18,19)/t7?,8-/m0/s1. The highest BCUT2D eigenvalue weighted by Gasteiger charge is 2.19. The number of aliphatic carboxylic acids is 1. The molecule has 1 unspecified atom stereocenters. The van der Waals surface area contributed by atoms with Gasteiger partial charge in [0, 0.05) is 16.0 Å². The molecule has 4 nitrogen and oxygen atoms in total. The normalized spacial score (nSPS) is 13.7. The van der Waals surface area contributed by atoms with Crippen LogP contribution < -0.4 is 5.32 Å². The van der Waals surface area contributed by atoms with Crippen LogP contribution in [0.15, 0.2) is 18.2 Å². The molecule has 0 aromatic heterocycles. The fraction of sp³-hybridized carbons (Fsp3) is 0.385. The number of carbonyl (C=O) groups is 2. The van der Waals surface area contributed by atoms with Gasteiger partial charge in [0.25, 0.3) is 0 Å². The van der Waals surface area contributed by atoms with Gasteiger partial charge in [-0.25, -0.2) is 0 Å². The Labute approximate surface area is 121 Å². The van der Waals surface area contributed by atoms with Crippen molar-refractivity contribution in [2.24, 2.45) is 5.92 Å². The molecule has 6 heteroatoms. The highest BCUT2D eigenvalue weighted by molar-refractivity contribution is 6.35. The average molecular weight is 304 g/mol. The number of rotatable bonds is 5. The Bertz CT molecular complexity index is 491. The van der Waals surface area contributed by atoms with Crippen LogP contribution in [-0.4, -0.2) is 23.0 Å². The Morgan fingerprint density at radius 2 is 1.95 bits per heavy atom. The number of benzene rings is 1. The SMILES string of the molecule is CC(Cc1ccc(Cl)cc1Cl)C(=O)N[C@@H](C)C(=O)O. The first-order valence-corrected chi connectivity index (χ1v) is 6.54. The zero-order valence-corrected chi connectivity index (χ0v) is 12.1. The van der Waals surface area contributed by atoms with Crippen LogP contribution in [0.2, 0.25) is 10.0 Å². The van der Waals surface area contributed by atoms with Crippen molar-refractivity contribution in [2.75, 3.05) is 0 Å². The van der Waals surface area contributed by atoms with E-state index >= 15 is 0 Å². The Hall–Kier alpha value is -1.26. The molecule has 2 N–H and O–H groups in total. The molecule has 1 aromatic carbocycles. The molecule has 0 aliphatic rings. The second-order valence-corrected chi connectivity index (χ2v) is 5.25. The van der Waals surface area contributed by atoms with Crippen LogP contribution >= 0.6 is 23.2 Å². The van der Waals surface area contributed by atoms with E-state index in [1.165, 1.54) is 6.92 Å². The van der Waals surface area contributed by atoms with Gasteiger partial charge in [0.1, 0.15) is 6.04 Å². The van der Waals surface area contributed by atoms with Gasteiger partial charge in [-0.05, 0) is 31.0 Å². The van der Waals surface area contributed by atoms with Crippen molar-refractivity contribution in [3.63, 3.8) is 0 Å². The van der Waals surface area contributed by atoms with Gasteiger partial charge in [-0.3, -0.25) is 9.59 Å². The van der Waals surface area contributed by atoms with E-state index in [-0.39, 0.29) is 11.8 Å². The number of hydrogen-bond donors (Lipinski definition) is 2. The van der Waals surface area contributed by atoms with E-state index in [2.05, 4.69) is 5.32 Å². The Morgan fingerprint density at radius 1 is 1.32 bits per heavy atom. The van der Waals surface area contributed by atoms with E-state index in [4.69, 9.17) is 28.3 Å². The van der Waals surface area contributed by atoms with Crippen LogP contribution in [0.3, 0.4) is 0 Å². The quantitative estimate of drug-likeness (QED) is 0.879. The van der Waals surface area contributed by atoms with Crippen LogP contribution in [0.25, 0.3) is 0 Å². The highest BCUT2D eigenvalue weighted by Crippen LogP contribution is 2.23. The van der Waals surface area contributed by atoms with Crippen LogP contribution in [0.4, 0.5) is 0 Å². The van der Waals surface area contributed by atoms with Crippen molar-refractivity contribution in [1.29, 1.82) is 0 Å². The zero-order chi connectivity index (χ0) is 14.6. The summed E-state index contributed by atoms with van der Waals surface area (Å²) in [5.74, 6) is -1.76. The predicted molar refractivity (Wildman–Crippen MR) is 74.6 cm³/mol. The molecule has 0 spiro atoms. The van der Waals surface area contributed by atoms with Crippen LogP contribution in [0, 0.1) is 5.92 Å². The lowest BCUT2D eigenvalue weighted by molar-refractivity contribution is -0.141. The van der Waals surface area contributed by atoms with Gasteiger partial charge in [0.2, 0.25) is 5.91 Å². The highest BCUT2D eigenvalue weighted by atomic mass is 35.5. The monoisotopic (exact) mass is 303 g/mol. The number of halogens is 2. The molecule has 2 atom stereocenters. The molecular weight excluding hydrogens is 289 g/mol. The molecule has 19 heavy (non-hydrogen) atoms. The maximum atomic E-state index is 11.8. The Balaban J connectivity index is 2.66. The largest absolute Gasteiger partial charge is 0.480 e. The number of carboxylic acid groups (broad SMARTS) is 1. The smallest absolute Gasteiger partial charge is 0.325 e. The summed E-state index contributed by atoms with van der Waals surface area (Å²) in [6, 6.07) is 4.17. The van der Waals surface area contributed by atoms with Crippen molar-refractivity contribution in [1.82, 2.24) is 5.32 Å². The molecular formula is C13H15Cl2NO3. The summed E-state index contributed by atoms with van der Waals surface area (Å²) in [6.07, 6.45) is 0.425. The summed E-state index contributed by atoms with van der Waals surface area (Å²) in [6.45, 7) is 3.14. The first-order valence-electron chi connectivity index (χ1n) is 5.78. The van der Waals surface area contributed by atoms with Crippen LogP contribution in [-0.2, 0) is 16.0 Å². The molecule has 0 heterocycles. The minimum absolute atomic E-state index is 0.319. The minimum Gasteiger partial charge on any atom is -0.480 e. The zero-order valence-electron chi connectivity index (χ0n) is 10.6. The Morgan fingerprint density at radius 3 is 2.47 bits per heavy atom. The second-order valence-electron chi connectivity index (χ2n) is 4.41. The molecule has 0 bridgehead atoms. The van der Waals surface area contributed by atoms with Crippen molar-refractivity contribution in [3.05, 3.63) is 33.8 Å². The van der Waals surface area contributed by atoms with Gasteiger partial charge < -0.3 is 10.4 Å². The van der Waals surface area contributed by atoms with E-state index in [0.717, 1.165) is 5.56 Å². The van der Waals surface area contributed by atoms with E-state index in [1.54, 1.807) is 25.1 Å². The molecule has 1 rings (SSSR count).